The molecule has 28 heavy (non-hydrogen) atoms. The molecule has 0 unspecified atom stereocenters. The van der Waals surface area contributed by atoms with Crippen LogP contribution in [-0.4, -0.2) is 26.2 Å². The highest BCUT2D eigenvalue weighted by Crippen LogP contribution is 2.31. The SMILES string of the molecule is CCOc1ccccc1-c1nnc(SCc2cc(=O)n3cccc(C)c3n2)o1. The van der Waals surface area contributed by atoms with Gasteiger partial charge in [-0.25, -0.2) is 4.98 Å². The van der Waals surface area contributed by atoms with Crippen LogP contribution in [0.4, 0.5) is 0 Å². The summed E-state index contributed by atoms with van der Waals surface area (Å²) < 4.78 is 12.9. The molecule has 4 rings (SSSR count). The molecule has 3 heterocycles. The van der Waals surface area contributed by atoms with Gasteiger partial charge in [-0.3, -0.25) is 9.20 Å². The molecule has 4 aromatic rings. The number of aryl methyl sites for hydroxylation is 1. The third-order valence-electron chi connectivity index (χ3n) is 4.11. The zero-order valence-corrected chi connectivity index (χ0v) is 16.3. The molecule has 0 spiro atoms. The van der Waals surface area contributed by atoms with E-state index in [2.05, 4.69) is 15.2 Å². The Morgan fingerprint density at radius 2 is 2.04 bits per heavy atom. The Morgan fingerprint density at radius 1 is 1.18 bits per heavy atom. The number of rotatable bonds is 6. The molecule has 0 N–H and O–H groups in total. The smallest absolute Gasteiger partial charge is 0.277 e. The number of para-hydroxylation sites is 1. The van der Waals surface area contributed by atoms with Gasteiger partial charge in [0, 0.05) is 18.0 Å². The lowest BCUT2D eigenvalue weighted by atomic mass is 10.2. The van der Waals surface area contributed by atoms with E-state index in [1.165, 1.54) is 17.8 Å². The van der Waals surface area contributed by atoms with E-state index < -0.39 is 0 Å². The highest BCUT2D eigenvalue weighted by molar-refractivity contribution is 7.98. The van der Waals surface area contributed by atoms with Crippen molar-refractivity contribution in [3.8, 4) is 17.2 Å². The van der Waals surface area contributed by atoms with Gasteiger partial charge in [-0.1, -0.05) is 30.0 Å². The van der Waals surface area contributed by atoms with E-state index in [1.54, 1.807) is 10.6 Å². The lowest BCUT2D eigenvalue weighted by Crippen LogP contribution is -2.15. The van der Waals surface area contributed by atoms with Gasteiger partial charge in [0.25, 0.3) is 16.7 Å². The van der Waals surface area contributed by atoms with E-state index in [0.29, 0.717) is 40.6 Å². The van der Waals surface area contributed by atoms with E-state index in [9.17, 15) is 4.79 Å². The second-order valence-electron chi connectivity index (χ2n) is 6.06. The summed E-state index contributed by atoms with van der Waals surface area (Å²) in [6.45, 7) is 4.40. The van der Waals surface area contributed by atoms with Crippen LogP contribution < -0.4 is 10.3 Å². The molecule has 3 aromatic heterocycles. The van der Waals surface area contributed by atoms with E-state index in [4.69, 9.17) is 9.15 Å². The van der Waals surface area contributed by atoms with Crippen molar-refractivity contribution in [3.63, 3.8) is 0 Å². The highest BCUT2D eigenvalue weighted by Gasteiger charge is 2.14. The molecule has 0 aliphatic rings. The van der Waals surface area contributed by atoms with Crippen LogP contribution in [0.25, 0.3) is 17.1 Å². The summed E-state index contributed by atoms with van der Waals surface area (Å²) in [4.78, 5) is 16.9. The molecular formula is C20H18N4O3S. The summed E-state index contributed by atoms with van der Waals surface area (Å²) in [5.41, 5.74) is 2.91. The highest BCUT2D eigenvalue weighted by atomic mass is 32.2. The van der Waals surface area contributed by atoms with E-state index in [0.717, 1.165) is 11.1 Å². The Kier molecular flexibility index (Phi) is 5.12. The predicted octanol–water partition coefficient (Wildman–Crippen LogP) is 3.74. The molecule has 1 aromatic carbocycles. The fraction of sp³-hybridized carbons (Fsp3) is 0.200. The van der Waals surface area contributed by atoms with Gasteiger partial charge in [-0.2, -0.15) is 0 Å². The summed E-state index contributed by atoms with van der Waals surface area (Å²) in [6, 6.07) is 12.8. The molecule has 0 saturated carbocycles. The lowest BCUT2D eigenvalue weighted by molar-refractivity contribution is 0.340. The first kappa shape index (κ1) is 18.2. The first-order valence-corrected chi connectivity index (χ1v) is 9.80. The molecule has 0 amide bonds. The summed E-state index contributed by atoms with van der Waals surface area (Å²) in [5, 5.41) is 8.62. The van der Waals surface area contributed by atoms with Gasteiger partial charge in [0.1, 0.15) is 11.4 Å². The van der Waals surface area contributed by atoms with Crippen LogP contribution in [-0.2, 0) is 5.75 Å². The summed E-state index contributed by atoms with van der Waals surface area (Å²) in [6.07, 6.45) is 1.72. The second-order valence-corrected chi connectivity index (χ2v) is 6.99. The number of fused-ring (bicyclic) bond motifs is 1. The van der Waals surface area contributed by atoms with Gasteiger partial charge in [-0.05, 0) is 37.6 Å². The first-order chi connectivity index (χ1) is 13.7. The maximum absolute atomic E-state index is 12.3. The van der Waals surface area contributed by atoms with Crippen LogP contribution in [0.1, 0.15) is 18.2 Å². The lowest BCUT2D eigenvalue weighted by Gasteiger charge is -2.06. The summed E-state index contributed by atoms with van der Waals surface area (Å²) in [5.74, 6) is 1.55. The average molecular weight is 394 g/mol. The largest absolute Gasteiger partial charge is 0.493 e. The monoisotopic (exact) mass is 394 g/mol. The fourth-order valence-corrected chi connectivity index (χ4v) is 3.48. The minimum atomic E-state index is -0.110. The molecule has 0 aliphatic carbocycles. The molecule has 0 fully saturated rings. The van der Waals surface area contributed by atoms with Crippen LogP contribution in [0.2, 0.25) is 0 Å². The number of pyridine rings is 1. The topological polar surface area (TPSA) is 82.5 Å². The first-order valence-electron chi connectivity index (χ1n) is 8.82. The van der Waals surface area contributed by atoms with Gasteiger partial charge in [0.05, 0.1) is 17.9 Å². The Hall–Kier alpha value is -3.13. The van der Waals surface area contributed by atoms with Crippen molar-refractivity contribution in [1.29, 1.82) is 0 Å². The number of hydrogen-bond donors (Lipinski definition) is 0. The molecule has 0 aliphatic heterocycles. The number of thioether (sulfide) groups is 1. The zero-order valence-electron chi connectivity index (χ0n) is 15.5. The minimum absolute atomic E-state index is 0.110. The number of hydrogen-bond acceptors (Lipinski definition) is 7. The van der Waals surface area contributed by atoms with Gasteiger partial charge in [0.15, 0.2) is 0 Å². The third-order valence-corrected chi connectivity index (χ3v) is 4.96. The molecule has 142 valence electrons. The van der Waals surface area contributed by atoms with E-state index >= 15 is 0 Å². The Balaban J connectivity index is 1.55. The van der Waals surface area contributed by atoms with E-state index in [-0.39, 0.29) is 5.56 Å². The number of aromatic nitrogens is 4. The third kappa shape index (κ3) is 3.63. The average Bonchev–Trinajstić information content (AvgIpc) is 3.17. The summed E-state index contributed by atoms with van der Waals surface area (Å²) >= 11 is 1.34. The van der Waals surface area contributed by atoms with E-state index in [1.807, 2.05) is 50.2 Å². The number of benzene rings is 1. The standard InChI is InChI=1S/C20H18N4O3S/c1-3-26-16-9-5-4-8-15(16)19-22-23-20(27-19)28-12-14-11-17(25)24-10-6-7-13(2)18(24)21-14/h4-11H,3,12H2,1-2H3. The number of nitrogens with zero attached hydrogens (tertiary/aromatic N) is 4. The maximum atomic E-state index is 12.3. The van der Waals surface area contributed by atoms with Gasteiger partial charge in [-0.15, -0.1) is 10.2 Å². The van der Waals surface area contributed by atoms with Gasteiger partial charge < -0.3 is 9.15 Å². The molecule has 0 radical (unpaired) electrons. The quantitative estimate of drug-likeness (QED) is 0.461. The zero-order chi connectivity index (χ0) is 19.5. The predicted molar refractivity (Wildman–Crippen MR) is 107 cm³/mol. The van der Waals surface area contributed by atoms with Crippen molar-refractivity contribution >= 4 is 17.4 Å². The van der Waals surface area contributed by atoms with Crippen LogP contribution >= 0.6 is 11.8 Å². The fourth-order valence-electron chi connectivity index (χ4n) is 2.82. The van der Waals surface area contributed by atoms with Crippen LogP contribution in [0.15, 0.2) is 63.1 Å². The van der Waals surface area contributed by atoms with Crippen molar-refractivity contribution in [1.82, 2.24) is 19.6 Å². The maximum Gasteiger partial charge on any atom is 0.277 e. The molecule has 0 atom stereocenters. The minimum Gasteiger partial charge on any atom is -0.493 e. The van der Waals surface area contributed by atoms with Crippen molar-refractivity contribution < 1.29 is 9.15 Å². The van der Waals surface area contributed by atoms with Crippen molar-refractivity contribution in [3.05, 3.63) is 70.3 Å². The second kappa shape index (κ2) is 7.85. The Morgan fingerprint density at radius 3 is 2.89 bits per heavy atom. The van der Waals surface area contributed by atoms with Crippen molar-refractivity contribution in [2.75, 3.05) is 6.61 Å². The van der Waals surface area contributed by atoms with Crippen molar-refractivity contribution in [2.24, 2.45) is 0 Å². The molecular weight excluding hydrogens is 376 g/mol. The molecule has 7 nitrogen and oxygen atoms in total. The Bertz CT molecular complexity index is 1190. The Labute approximate surface area is 165 Å². The van der Waals surface area contributed by atoms with Crippen molar-refractivity contribution in [2.45, 2.75) is 24.8 Å². The van der Waals surface area contributed by atoms with Gasteiger partial charge in [0.2, 0.25) is 0 Å². The molecule has 8 heteroatoms. The molecule has 0 saturated heterocycles. The summed E-state index contributed by atoms with van der Waals surface area (Å²) in [7, 11) is 0. The van der Waals surface area contributed by atoms with Crippen LogP contribution in [0.5, 0.6) is 5.75 Å². The van der Waals surface area contributed by atoms with Gasteiger partial charge >= 0.3 is 0 Å². The van der Waals surface area contributed by atoms with Crippen LogP contribution in [0.3, 0.4) is 0 Å². The molecule has 0 bridgehead atoms. The normalized spacial score (nSPS) is 11.1. The van der Waals surface area contributed by atoms with Crippen LogP contribution in [0, 0.1) is 6.92 Å². The number of ether oxygens (including phenoxy) is 1.